The Bertz CT molecular complexity index is 871. The Labute approximate surface area is 142 Å². The van der Waals surface area contributed by atoms with E-state index in [2.05, 4.69) is 15.3 Å². The first-order chi connectivity index (χ1) is 12.1. The number of anilines is 1. The van der Waals surface area contributed by atoms with Gasteiger partial charge in [-0.1, -0.05) is 24.3 Å². The molecule has 0 bridgehead atoms. The van der Waals surface area contributed by atoms with Crippen LogP contribution in [0.5, 0.6) is 11.8 Å². The van der Waals surface area contributed by atoms with Crippen molar-refractivity contribution in [1.29, 1.82) is 0 Å². The molecule has 1 N–H and O–H groups in total. The third-order valence-electron chi connectivity index (χ3n) is 3.23. The minimum absolute atomic E-state index is 0.101. The maximum atomic E-state index is 13.5. The third-order valence-corrected chi connectivity index (χ3v) is 3.23. The van der Waals surface area contributed by atoms with Gasteiger partial charge in [0.05, 0.1) is 24.5 Å². The Morgan fingerprint density at radius 2 is 1.76 bits per heavy atom. The molecule has 126 valence electrons. The third kappa shape index (κ3) is 4.57. The largest absolute Gasteiger partial charge is 0.424 e. The summed E-state index contributed by atoms with van der Waals surface area (Å²) in [6.07, 6.45) is 2.53. The van der Waals surface area contributed by atoms with E-state index >= 15 is 0 Å². The molecule has 0 atom stereocenters. The van der Waals surface area contributed by atoms with Crippen LogP contribution in [0.2, 0.25) is 0 Å². The topological polar surface area (TPSA) is 64.1 Å². The van der Waals surface area contributed by atoms with E-state index in [1.54, 1.807) is 12.1 Å². The van der Waals surface area contributed by atoms with Gasteiger partial charge >= 0.3 is 6.01 Å². The van der Waals surface area contributed by atoms with E-state index in [1.807, 2.05) is 18.2 Å². The van der Waals surface area contributed by atoms with Crippen LogP contribution in [0.1, 0.15) is 5.56 Å². The molecule has 0 saturated carbocycles. The molecule has 0 spiro atoms. The Morgan fingerprint density at radius 3 is 2.44 bits per heavy atom. The zero-order chi connectivity index (χ0) is 17.6. The first-order valence-electron chi connectivity index (χ1n) is 7.39. The lowest BCUT2D eigenvalue weighted by Crippen LogP contribution is -2.15. The standard InChI is InChI=1S/C18H13F2N3O2/c19-13-7-6-12(16(20)9-13)8-17(24)23-14-10-21-18(22-11-14)25-15-4-2-1-3-5-15/h1-7,9-11H,8H2,(H,23,24). The zero-order valence-electron chi connectivity index (χ0n) is 12.9. The molecule has 1 amide bonds. The molecule has 0 fully saturated rings. The van der Waals surface area contributed by atoms with E-state index < -0.39 is 17.5 Å². The first-order valence-corrected chi connectivity index (χ1v) is 7.39. The van der Waals surface area contributed by atoms with Crippen LogP contribution in [0, 0.1) is 11.6 Å². The number of carbonyl (C=O) groups is 1. The second-order valence-electron chi connectivity index (χ2n) is 5.13. The monoisotopic (exact) mass is 341 g/mol. The van der Waals surface area contributed by atoms with Crippen LogP contribution in [0.25, 0.3) is 0 Å². The molecule has 1 aromatic heterocycles. The highest BCUT2D eigenvalue weighted by molar-refractivity contribution is 5.91. The molecule has 25 heavy (non-hydrogen) atoms. The summed E-state index contributed by atoms with van der Waals surface area (Å²) in [6, 6.07) is 12.2. The minimum Gasteiger partial charge on any atom is -0.424 e. The lowest BCUT2D eigenvalue weighted by atomic mass is 10.1. The van der Waals surface area contributed by atoms with Gasteiger partial charge in [0.25, 0.3) is 0 Å². The molecular formula is C18H13F2N3O2. The summed E-state index contributed by atoms with van der Waals surface area (Å²) in [7, 11) is 0. The van der Waals surface area contributed by atoms with Crippen molar-refractivity contribution in [3.63, 3.8) is 0 Å². The number of amides is 1. The van der Waals surface area contributed by atoms with Gasteiger partial charge in [0.2, 0.25) is 5.91 Å². The average Bonchev–Trinajstić information content (AvgIpc) is 2.60. The number of hydrogen-bond donors (Lipinski definition) is 1. The maximum absolute atomic E-state index is 13.5. The van der Waals surface area contributed by atoms with Gasteiger partial charge in [-0.25, -0.2) is 18.7 Å². The van der Waals surface area contributed by atoms with Crippen molar-refractivity contribution in [3.05, 3.63) is 78.1 Å². The molecular weight excluding hydrogens is 328 g/mol. The lowest BCUT2D eigenvalue weighted by molar-refractivity contribution is -0.115. The van der Waals surface area contributed by atoms with Gasteiger partial charge in [0, 0.05) is 6.07 Å². The van der Waals surface area contributed by atoms with E-state index in [0.717, 1.165) is 12.1 Å². The fraction of sp³-hybridized carbons (Fsp3) is 0.0556. The van der Waals surface area contributed by atoms with Crippen molar-refractivity contribution >= 4 is 11.6 Å². The molecule has 2 aromatic carbocycles. The van der Waals surface area contributed by atoms with Crippen LogP contribution < -0.4 is 10.1 Å². The summed E-state index contributed by atoms with van der Waals surface area (Å²) >= 11 is 0. The van der Waals surface area contributed by atoms with Gasteiger partial charge < -0.3 is 10.1 Å². The number of benzene rings is 2. The van der Waals surface area contributed by atoms with Crippen molar-refractivity contribution in [2.24, 2.45) is 0 Å². The number of nitrogens with zero attached hydrogens (tertiary/aromatic N) is 2. The molecule has 7 heteroatoms. The highest BCUT2D eigenvalue weighted by Gasteiger charge is 2.10. The van der Waals surface area contributed by atoms with Crippen molar-refractivity contribution in [2.45, 2.75) is 6.42 Å². The molecule has 3 rings (SSSR count). The summed E-state index contributed by atoms with van der Waals surface area (Å²) in [5.41, 5.74) is 0.441. The summed E-state index contributed by atoms with van der Waals surface area (Å²) in [6.45, 7) is 0. The minimum atomic E-state index is -0.766. The van der Waals surface area contributed by atoms with E-state index in [9.17, 15) is 13.6 Å². The fourth-order valence-electron chi connectivity index (χ4n) is 2.07. The summed E-state index contributed by atoms with van der Waals surface area (Å²) in [5.74, 6) is -1.33. The Balaban J connectivity index is 1.60. The molecule has 3 aromatic rings. The second kappa shape index (κ2) is 7.48. The van der Waals surface area contributed by atoms with Gasteiger partial charge in [-0.3, -0.25) is 4.79 Å². The van der Waals surface area contributed by atoms with E-state index in [4.69, 9.17) is 4.74 Å². The highest BCUT2D eigenvalue weighted by Crippen LogP contribution is 2.17. The number of hydrogen-bond acceptors (Lipinski definition) is 4. The molecule has 0 aliphatic rings. The normalized spacial score (nSPS) is 10.3. The zero-order valence-corrected chi connectivity index (χ0v) is 12.9. The van der Waals surface area contributed by atoms with E-state index in [1.165, 1.54) is 18.5 Å². The number of aromatic nitrogens is 2. The number of nitrogens with one attached hydrogen (secondary N) is 1. The van der Waals surface area contributed by atoms with Crippen LogP contribution >= 0.6 is 0 Å². The average molecular weight is 341 g/mol. The van der Waals surface area contributed by atoms with Crippen molar-refractivity contribution in [1.82, 2.24) is 9.97 Å². The van der Waals surface area contributed by atoms with Crippen molar-refractivity contribution in [2.75, 3.05) is 5.32 Å². The maximum Gasteiger partial charge on any atom is 0.322 e. The summed E-state index contributed by atoms with van der Waals surface area (Å²) < 4.78 is 31.8. The molecule has 0 unspecified atom stereocenters. The quantitative estimate of drug-likeness (QED) is 0.768. The fourth-order valence-corrected chi connectivity index (χ4v) is 2.07. The van der Waals surface area contributed by atoms with Crippen LogP contribution in [0.15, 0.2) is 60.9 Å². The van der Waals surface area contributed by atoms with Crippen LogP contribution in [-0.2, 0) is 11.2 Å². The summed E-state index contributed by atoms with van der Waals surface area (Å²) in [4.78, 5) is 19.9. The molecule has 0 radical (unpaired) electrons. The smallest absolute Gasteiger partial charge is 0.322 e. The summed E-state index contributed by atoms with van der Waals surface area (Å²) in [5, 5.41) is 2.54. The number of para-hydroxylation sites is 1. The SMILES string of the molecule is O=C(Cc1ccc(F)cc1F)Nc1cnc(Oc2ccccc2)nc1. The molecule has 0 saturated heterocycles. The van der Waals surface area contributed by atoms with E-state index in [-0.39, 0.29) is 18.0 Å². The first kappa shape index (κ1) is 16.5. The van der Waals surface area contributed by atoms with Gasteiger partial charge in [-0.05, 0) is 23.8 Å². The van der Waals surface area contributed by atoms with Crippen LogP contribution in [0.3, 0.4) is 0 Å². The second-order valence-corrected chi connectivity index (χ2v) is 5.13. The van der Waals surface area contributed by atoms with Gasteiger partial charge in [-0.15, -0.1) is 0 Å². The van der Waals surface area contributed by atoms with Crippen LogP contribution in [-0.4, -0.2) is 15.9 Å². The lowest BCUT2D eigenvalue weighted by Gasteiger charge is -2.07. The predicted octanol–water partition coefficient (Wildman–Crippen LogP) is 3.73. The number of ether oxygens (including phenoxy) is 1. The molecule has 5 nitrogen and oxygen atoms in total. The predicted molar refractivity (Wildman–Crippen MR) is 87.2 cm³/mol. The van der Waals surface area contributed by atoms with Gasteiger partial charge in [0.15, 0.2) is 0 Å². The number of halogens is 2. The Kier molecular flexibility index (Phi) is 4.94. The Hall–Kier alpha value is -3.35. The van der Waals surface area contributed by atoms with Gasteiger partial charge in [-0.2, -0.15) is 0 Å². The van der Waals surface area contributed by atoms with Gasteiger partial charge in [0.1, 0.15) is 17.4 Å². The molecule has 0 aliphatic carbocycles. The van der Waals surface area contributed by atoms with E-state index in [0.29, 0.717) is 11.4 Å². The molecule has 1 heterocycles. The highest BCUT2D eigenvalue weighted by atomic mass is 19.1. The number of rotatable bonds is 5. The molecule has 0 aliphatic heterocycles. The van der Waals surface area contributed by atoms with Crippen molar-refractivity contribution < 1.29 is 18.3 Å². The van der Waals surface area contributed by atoms with Crippen LogP contribution in [0.4, 0.5) is 14.5 Å². The van der Waals surface area contributed by atoms with Crippen molar-refractivity contribution in [3.8, 4) is 11.8 Å². The Morgan fingerprint density at radius 1 is 1.04 bits per heavy atom. The number of carbonyl (C=O) groups excluding carboxylic acids is 1.